The number of halogens is 1. The maximum Gasteiger partial charge on any atom is 0.0175 e. The quantitative estimate of drug-likeness (QED) is 0.730. The average Bonchev–Trinajstić information content (AvgIpc) is 2.30. The van der Waals surface area contributed by atoms with Crippen LogP contribution in [0.2, 0.25) is 0 Å². The van der Waals surface area contributed by atoms with Crippen molar-refractivity contribution < 1.29 is 0 Å². The number of hydrogen-bond donors (Lipinski definition) is 0. The summed E-state index contributed by atoms with van der Waals surface area (Å²) in [6.45, 7) is 4.43. The van der Waals surface area contributed by atoms with Crippen LogP contribution >= 0.6 is 15.9 Å². The summed E-state index contributed by atoms with van der Waals surface area (Å²) >= 11 is 3.47. The third kappa shape index (κ3) is 2.35. The summed E-state index contributed by atoms with van der Waals surface area (Å²) in [4.78, 5) is 0. The second kappa shape index (κ2) is 4.84. The maximum absolute atomic E-state index is 3.47. The van der Waals surface area contributed by atoms with Crippen LogP contribution in [0.3, 0.4) is 0 Å². The molecule has 0 N–H and O–H groups in total. The van der Waals surface area contributed by atoms with Crippen molar-refractivity contribution in [3.05, 3.63) is 69.7 Å². The second-order valence-corrected chi connectivity index (χ2v) is 5.05. The van der Waals surface area contributed by atoms with Gasteiger partial charge in [0.05, 0.1) is 0 Å². The molecule has 0 saturated carbocycles. The highest BCUT2D eigenvalue weighted by molar-refractivity contribution is 9.10. The van der Waals surface area contributed by atoms with E-state index in [1.165, 1.54) is 16.7 Å². The van der Waals surface area contributed by atoms with Crippen LogP contribution in [0.5, 0.6) is 0 Å². The fourth-order valence-corrected chi connectivity index (χ4v) is 2.27. The van der Waals surface area contributed by atoms with Crippen LogP contribution in [0, 0.1) is 6.92 Å². The number of benzene rings is 2. The molecule has 2 aromatic carbocycles. The molecule has 0 nitrogen and oxygen atoms in total. The highest BCUT2D eigenvalue weighted by atomic mass is 79.9. The van der Waals surface area contributed by atoms with Gasteiger partial charge in [0.1, 0.15) is 0 Å². The first-order chi connectivity index (χ1) is 7.68. The first-order valence-electron chi connectivity index (χ1n) is 5.49. The molecule has 0 heterocycles. The molecule has 82 valence electrons. The Bertz CT molecular complexity index is 471. The molecule has 0 aliphatic heterocycles. The molecule has 0 amide bonds. The predicted molar refractivity (Wildman–Crippen MR) is 72.8 cm³/mol. The minimum absolute atomic E-state index is 0.453. The summed E-state index contributed by atoms with van der Waals surface area (Å²) in [6, 6.07) is 17.1. The Labute approximate surface area is 105 Å². The molecule has 0 bridgehead atoms. The summed E-state index contributed by atoms with van der Waals surface area (Å²) in [7, 11) is 0. The molecule has 2 rings (SSSR count). The zero-order valence-electron chi connectivity index (χ0n) is 9.57. The topological polar surface area (TPSA) is 0 Å². The Balaban J connectivity index is 2.35. The lowest BCUT2D eigenvalue weighted by molar-refractivity contribution is 0.910. The highest BCUT2D eigenvalue weighted by Gasteiger charge is 2.09. The lowest BCUT2D eigenvalue weighted by Gasteiger charge is -2.15. The second-order valence-electron chi connectivity index (χ2n) is 4.13. The van der Waals surface area contributed by atoms with Crippen molar-refractivity contribution >= 4 is 15.9 Å². The summed E-state index contributed by atoms with van der Waals surface area (Å²) in [5, 5.41) is 0. The Kier molecular flexibility index (Phi) is 3.45. The summed E-state index contributed by atoms with van der Waals surface area (Å²) in [5.74, 6) is 0.453. The van der Waals surface area contributed by atoms with E-state index in [1.54, 1.807) is 0 Å². The molecule has 0 radical (unpaired) electrons. The Morgan fingerprint density at radius 3 is 2.19 bits per heavy atom. The van der Waals surface area contributed by atoms with Crippen LogP contribution in [0.15, 0.2) is 53.0 Å². The van der Waals surface area contributed by atoms with E-state index in [0.717, 1.165) is 4.47 Å². The van der Waals surface area contributed by atoms with Crippen molar-refractivity contribution in [3.8, 4) is 0 Å². The van der Waals surface area contributed by atoms with Gasteiger partial charge >= 0.3 is 0 Å². The van der Waals surface area contributed by atoms with Gasteiger partial charge in [-0.1, -0.05) is 59.3 Å². The number of aryl methyl sites for hydroxylation is 1. The summed E-state index contributed by atoms with van der Waals surface area (Å²) in [5.41, 5.74) is 4.13. The van der Waals surface area contributed by atoms with Crippen LogP contribution in [-0.4, -0.2) is 0 Å². The monoisotopic (exact) mass is 274 g/mol. The van der Waals surface area contributed by atoms with Gasteiger partial charge < -0.3 is 0 Å². The van der Waals surface area contributed by atoms with Crippen molar-refractivity contribution in [2.24, 2.45) is 0 Å². The first-order valence-corrected chi connectivity index (χ1v) is 6.29. The minimum atomic E-state index is 0.453. The SMILES string of the molecule is Cc1ccccc1C(C)c1ccc(Br)cc1. The maximum atomic E-state index is 3.47. The van der Waals surface area contributed by atoms with Gasteiger partial charge in [-0.3, -0.25) is 0 Å². The van der Waals surface area contributed by atoms with Crippen LogP contribution in [-0.2, 0) is 0 Å². The van der Waals surface area contributed by atoms with Gasteiger partial charge in [0.25, 0.3) is 0 Å². The summed E-state index contributed by atoms with van der Waals surface area (Å²) in [6.07, 6.45) is 0. The van der Waals surface area contributed by atoms with Gasteiger partial charge in [-0.25, -0.2) is 0 Å². The molecule has 0 fully saturated rings. The van der Waals surface area contributed by atoms with Crippen molar-refractivity contribution in [3.63, 3.8) is 0 Å². The lowest BCUT2D eigenvalue weighted by Crippen LogP contribution is -1.98. The van der Waals surface area contributed by atoms with Gasteiger partial charge in [0.15, 0.2) is 0 Å². The zero-order valence-corrected chi connectivity index (χ0v) is 11.2. The molecule has 1 unspecified atom stereocenters. The van der Waals surface area contributed by atoms with Crippen LogP contribution in [0.4, 0.5) is 0 Å². The van der Waals surface area contributed by atoms with Gasteiger partial charge in [-0.05, 0) is 35.7 Å². The predicted octanol–water partition coefficient (Wildman–Crippen LogP) is 4.91. The highest BCUT2D eigenvalue weighted by Crippen LogP contribution is 2.27. The van der Waals surface area contributed by atoms with E-state index >= 15 is 0 Å². The molecule has 0 aliphatic rings. The fourth-order valence-electron chi connectivity index (χ4n) is 2.00. The largest absolute Gasteiger partial charge is 0.0620 e. The standard InChI is InChI=1S/C15H15Br/c1-11-5-3-4-6-15(11)12(2)13-7-9-14(16)10-8-13/h3-10,12H,1-2H3. The van der Waals surface area contributed by atoms with E-state index in [4.69, 9.17) is 0 Å². The normalized spacial score (nSPS) is 12.4. The molecule has 0 spiro atoms. The van der Waals surface area contributed by atoms with E-state index < -0.39 is 0 Å². The Hall–Kier alpha value is -1.08. The van der Waals surface area contributed by atoms with E-state index in [9.17, 15) is 0 Å². The average molecular weight is 275 g/mol. The molecule has 0 aliphatic carbocycles. The molecule has 2 aromatic rings. The van der Waals surface area contributed by atoms with E-state index in [0.29, 0.717) is 5.92 Å². The Morgan fingerprint density at radius 1 is 0.938 bits per heavy atom. The molecule has 0 aromatic heterocycles. The zero-order chi connectivity index (χ0) is 11.5. The van der Waals surface area contributed by atoms with Gasteiger partial charge in [-0.15, -0.1) is 0 Å². The van der Waals surface area contributed by atoms with Gasteiger partial charge in [0, 0.05) is 10.4 Å². The lowest BCUT2D eigenvalue weighted by atomic mass is 9.90. The van der Waals surface area contributed by atoms with Crippen LogP contribution in [0.25, 0.3) is 0 Å². The van der Waals surface area contributed by atoms with Crippen molar-refractivity contribution in [2.45, 2.75) is 19.8 Å². The molecule has 16 heavy (non-hydrogen) atoms. The number of hydrogen-bond acceptors (Lipinski definition) is 0. The van der Waals surface area contributed by atoms with E-state index in [2.05, 4.69) is 78.3 Å². The number of rotatable bonds is 2. The third-order valence-corrected chi connectivity index (χ3v) is 3.55. The molecular formula is C15H15Br. The van der Waals surface area contributed by atoms with Crippen LogP contribution in [0.1, 0.15) is 29.5 Å². The minimum Gasteiger partial charge on any atom is -0.0620 e. The van der Waals surface area contributed by atoms with Gasteiger partial charge in [0.2, 0.25) is 0 Å². The van der Waals surface area contributed by atoms with Gasteiger partial charge in [-0.2, -0.15) is 0 Å². The smallest absolute Gasteiger partial charge is 0.0175 e. The fraction of sp³-hybridized carbons (Fsp3) is 0.200. The first kappa shape index (κ1) is 11.4. The van der Waals surface area contributed by atoms with E-state index in [1.807, 2.05) is 0 Å². The van der Waals surface area contributed by atoms with Crippen molar-refractivity contribution in [1.82, 2.24) is 0 Å². The Morgan fingerprint density at radius 2 is 1.56 bits per heavy atom. The molecule has 0 saturated heterocycles. The third-order valence-electron chi connectivity index (χ3n) is 3.02. The summed E-state index contributed by atoms with van der Waals surface area (Å²) < 4.78 is 1.13. The molecular weight excluding hydrogens is 260 g/mol. The van der Waals surface area contributed by atoms with E-state index in [-0.39, 0.29) is 0 Å². The molecule has 1 atom stereocenters. The van der Waals surface area contributed by atoms with Crippen LogP contribution < -0.4 is 0 Å². The van der Waals surface area contributed by atoms with Crippen molar-refractivity contribution in [1.29, 1.82) is 0 Å². The molecule has 1 heteroatoms. The van der Waals surface area contributed by atoms with Crippen molar-refractivity contribution in [2.75, 3.05) is 0 Å².